The first-order valence-corrected chi connectivity index (χ1v) is 9.69. The highest BCUT2D eigenvalue weighted by Gasteiger charge is 2.48. The van der Waals surface area contributed by atoms with Gasteiger partial charge in [0.25, 0.3) is 0 Å². The van der Waals surface area contributed by atoms with Crippen molar-refractivity contribution < 1.29 is 24.0 Å². The minimum atomic E-state index is -1.20. The number of hydrogen-bond donors (Lipinski definition) is 1. The number of nitrogens with one attached hydrogen (secondary N) is 1. The molecule has 0 bridgehead atoms. The van der Waals surface area contributed by atoms with Gasteiger partial charge in [-0.2, -0.15) is 0 Å². The third-order valence-electron chi connectivity index (χ3n) is 5.21. The van der Waals surface area contributed by atoms with Crippen LogP contribution >= 0.6 is 11.6 Å². The molecule has 7 nitrogen and oxygen atoms in total. The number of Topliss-reactive ketones (excluding diaryl/α,β-unsaturated/α-hetero) is 1. The molecule has 2 rings (SSSR count). The molecule has 1 fully saturated rings. The Balaban J connectivity index is 2.29. The minimum absolute atomic E-state index is 0.0836. The maximum absolute atomic E-state index is 13.0. The second kappa shape index (κ2) is 9.39. The van der Waals surface area contributed by atoms with Gasteiger partial charge in [-0.15, -0.1) is 5.48 Å². The van der Waals surface area contributed by atoms with Gasteiger partial charge in [0.05, 0.1) is 7.11 Å². The molecule has 0 unspecified atom stereocenters. The van der Waals surface area contributed by atoms with Crippen LogP contribution in [0.5, 0.6) is 0 Å². The summed E-state index contributed by atoms with van der Waals surface area (Å²) in [7, 11) is 2.78. The zero-order valence-electron chi connectivity index (χ0n) is 16.7. The van der Waals surface area contributed by atoms with Crippen molar-refractivity contribution in [3.63, 3.8) is 0 Å². The summed E-state index contributed by atoms with van der Waals surface area (Å²) in [6.07, 6.45) is 1.58. The molecule has 1 amide bonds. The van der Waals surface area contributed by atoms with Gasteiger partial charge in [-0.05, 0) is 31.2 Å². The molecule has 154 valence electrons. The van der Waals surface area contributed by atoms with Crippen molar-refractivity contribution in [3.05, 3.63) is 34.9 Å². The highest BCUT2D eigenvalue weighted by Crippen LogP contribution is 2.42. The normalized spacial score (nSPS) is 20.6. The van der Waals surface area contributed by atoms with Gasteiger partial charge < -0.3 is 9.57 Å². The first kappa shape index (κ1) is 22.2. The summed E-state index contributed by atoms with van der Waals surface area (Å²) in [5.74, 6) is -0.793. The maximum Gasteiger partial charge on any atom is 0.429 e. The van der Waals surface area contributed by atoms with Gasteiger partial charge in [0.2, 0.25) is 0 Å². The molecule has 8 heteroatoms. The van der Waals surface area contributed by atoms with Crippen molar-refractivity contribution in [1.29, 1.82) is 0 Å². The number of hydrogen-bond acceptors (Lipinski definition) is 6. The standard InChI is InChI=1S/C20H27ClN2O5/c1-13(2)17(18(25)27-4)22-28-19(26)23(3)20(12-8-7-11-16(20)24)14-9-5-6-10-15(14)21/h5-6,9-10,13,17,22H,7-8,11-12H2,1-4H3/t17-,20-/m0/s1. The predicted octanol–water partition coefficient (Wildman–Crippen LogP) is 3.45. The number of likely N-dealkylation sites (N-methyl/N-ethyl adjacent to an activating group) is 1. The zero-order valence-corrected chi connectivity index (χ0v) is 17.4. The molecule has 1 aliphatic rings. The van der Waals surface area contributed by atoms with Crippen LogP contribution in [0.4, 0.5) is 4.79 Å². The van der Waals surface area contributed by atoms with E-state index < -0.39 is 23.6 Å². The Bertz CT molecular complexity index is 739. The maximum atomic E-state index is 13.0. The molecule has 0 aliphatic heterocycles. The first-order valence-electron chi connectivity index (χ1n) is 9.32. The number of hydroxylamine groups is 1. The summed E-state index contributed by atoms with van der Waals surface area (Å²) in [5.41, 5.74) is 1.86. The highest BCUT2D eigenvalue weighted by atomic mass is 35.5. The number of esters is 1. The van der Waals surface area contributed by atoms with Crippen LogP contribution in [0.2, 0.25) is 5.02 Å². The number of carbonyl (C=O) groups is 3. The van der Waals surface area contributed by atoms with Crippen molar-refractivity contribution in [2.45, 2.75) is 51.1 Å². The average molecular weight is 411 g/mol. The molecule has 28 heavy (non-hydrogen) atoms. The topological polar surface area (TPSA) is 84.9 Å². The van der Waals surface area contributed by atoms with Crippen LogP contribution in [0.25, 0.3) is 0 Å². The molecular weight excluding hydrogens is 384 g/mol. The van der Waals surface area contributed by atoms with E-state index in [0.29, 0.717) is 23.4 Å². The summed E-state index contributed by atoms with van der Waals surface area (Å²) in [5, 5.41) is 0.417. The molecule has 1 aromatic carbocycles. The van der Waals surface area contributed by atoms with Gasteiger partial charge in [-0.3, -0.25) is 14.5 Å². The SMILES string of the molecule is COC(=O)[C@@H](NOC(=O)N(C)[C@]1(c2ccccc2Cl)CCCCC1=O)C(C)C. The second-order valence-electron chi connectivity index (χ2n) is 7.26. The summed E-state index contributed by atoms with van der Waals surface area (Å²) in [6.45, 7) is 3.59. The minimum Gasteiger partial charge on any atom is -0.468 e. The lowest BCUT2D eigenvalue weighted by Crippen LogP contribution is -2.56. The lowest BCUT2D eigenvalue weighted by Gasteiger charge is -2.43. The molecular formula is C20H27ClN2O5. The number of methoxy groups -OCH3 is 1. The van der Waals surface area contributed by atoms with Crippen molar-refractivity contribution in [2.24, 2.45) is 5.92 Å². The Morgan fingerprint density at radius 2 is 1.93 bits per heavy atom. The van der Waals surface area contributed by atoms with Crippen LogP contribution in [0, 0.1) is 5.92 Å². The Kier molecular flexibility index (Phi) is 7.43. The van der Waals surface area contributed by atoms with Crippen LogP contribution < -0.4 is 5.48 Å². The van der Waals surface area contributed by atoms with Gasteiger partial charge in [-0.1, -0.05) is 43.6 Å². The largest absolute Gasteiger partial charge is 0.468 e. The predicted molar refractivity (Wildman–Crippen MR) is 105 cm³/mol. The second-order valence-corrected chi connectivity index (χ2v) is 7.67. The number of benzene rings is 1. The molecule has 1 aromatic rings. The molecule has 1 aliphatic carbocycles. The van der Waals surface area contributed by atoms with Crippen LogP contribution in [-0.2, 0) is 24.7 Å². The first-order chi connectivity index (χ1) is 13.3. The van der Waals surface area contributed by atoms with Crippen LogP contribution in [-0.4, -0.2) is 42.9 Å². The van der Waals surface area contributed by atoms with Gasteiger partial charge in [0.15, 0.2) is 5.78 Å². The molecule has 0 saturated heterocycles. The van der Waals surface area contributed by atoms with E-state index in [1.165, 1.54) is 19.1 Å². The monoisotopic (exact) mass is 410 g/mol. The number of ether oxygens (including phenoxy) is 1. The van der Waals surface area contributed by atoms with Crippen molar-refractivity contribution in [3.8, 4) is 0 Å². The molecule has 0 spiro atoms. The fourth-order valence-corrected chi connectivity index (χ4v) is 3.84. The lowest BCUT2D eigenvalue weighted by molar-refractivity contribution is -0.148. The lowest BCUT2D eigenvalue weighted by atomic mass is 9.74. The van der Waals surface area contributed by atoms with Gasteiger partial charge in [0, 0.05) is 24.1 Å². The smallest absolute Gasteiger partial charge is 0.429 e. The summed E-state index contributed by atoms with van der Waals surface area (Å²) in [4.78, 5) is 44.1. The summed E-state index contributed by atoms with van der Waals surface area (Å²) >= 11 is 6.38. The van der Waals surface area contributed by atoms with Crippen LogP contribution in [0.15, 0.2) is 24.3 Å². The number of rotatable bonds is 6. The van der Waals surface area contributed by atoms with Gasteiger partial charge in [-0.25, -0.2) is 4.79 Å². The Labute approximate surface area is 170 Å². The van der Waals surface area contributed by atoms with Crippen molar-refractivity contribution in [2.75, 3.05) is 14.2 Å². The number of amides is 1. The van der Waals surface area contributed by atoms with Crippen LogP contribution in [0.3, 0.4) is 0 Å². The van der Waals surface area contributed by atoms with E-state index in [-0.39, 0.29) is 11.7 Å². The fraction of sp³-hybridized carbons (Fsp3) is 0.550. The molecule has 1 N–H and O–H groups in total. The van der Waals surface area contributed by atoms with Gasteiger partial charge in [0.1, 0.15) is 11.6 Å². The Morgan fingerprint density at radius 1 is 1.25 bits per heavy atom. The average Bonchev–Trinajstić information content (AvgIpc) is 2.68. The quantitative estimate of drug-likeness (QED) is 0.571. The third kappa shape index (κ3) is 4.31. The summed E-state index contributed by atoms with van der Waals surface area (Å²) < 4.78 is 4.73. The number of halogens is 1. The van der Waals surface area contributed by atoms with E-state index in [4.69, 9.17) is 21.2 Å². The molecule has 1 saturated carbocycles. The number of ketones is 1. The molecule has 0 radical (unpaired) electrons. The van der Waals surface area contributed by atoms with E-state index >= 15 is 0 Å². The fourth-order valence-electron chi connectivity index (χ4n) is 3.55. The third-order valence-corrected chi connectivity index (χ3v) is 5.54. The van der Waals surface area contributed by atoms with E-state index in [9.17, 15) is 14.4 Å². The van der Waals surface area contributed by atoms with E-state index in [0.717, 1.165) is 12.8 Å². The van der Waals surface area contributed by atoms with Gasteiger partial charge >= 0.3 is 12.1 Å². The van der Waals surface area contributed by atoms with Crippen molar-refractivity contribution in [1.82, 2.24) is 10.4 Å². The van der Waals surface area contributed by atoms with E-state index in [1.807, 2.05) is 0 Å². The van der Waals surface area contributed by atoms with Crippen molar-refractivity contribution >= 4 is 29.4 Å². The number of carbonyl (C=O) groups excluding carboxylic acids is 3. The summed E-state index contributed by atoms with van der Waals surface area (Å²) in [6, 6.07) is 6.20. The Morgan fingerprint density at radius 3 is 2.50 bits per heavy atom. The van der Waals surface area contributed by atoms with E-state index in [2.05, 4.69) is 5.48 Å². The number of nitrogens with zero attached hydrogens (tertiary/aromatic N) is 1. The molecule has 0 aromatic heterocycles. The Hall–Kier alpha value is -2.12. The molecule has 2 atom stereocenters. The zero-order chi connectivity index (χ0) is 20.9. The van der Waals surface area contributed by atoms with Crippen LogP contribution in [0.1, 0.15) is 45.1 Å². The highest BCUT2D eigenvalue weighted by molar-refractivity contribution is 6.31. The van der Waals surface area contributed by atoms with E-state index in [1.54, 1.807) is 38.1 Å². The molecule has 0 heterocycles.